The Hall–Kier alpha value is -1.55. The normalized spacial score (nSPS) is 20.8. The fourth-order valence-electron chi connectivity index (χ4n) is 1.83. The predicted octanol–water partition coefficient (Wildman–Crippen LogP) is 1.92. The van der Waals surface area contributed by atoms with E-state index in [2.05, 4.69) is 5.32 Å². The third kappa shape index (κ3) is 3.20. The number of nitrogens with two attached hydrogens (primary N) is 1. The van der Waals surface area contributed by atoms with Crippen LogP contribution in [0.4, 0.5) is 4.39 Å². The van der Waals surface area contributed by atoms with E-state index in [0.717, 1.165) is 12.1 Å². The van der Waals surface area contributed by atoms with Gasteiger partial charge in [-0.25, -0.2) is 4.39 Å². The van der Waals surface area contributed by atoms with Gasteiger partial charge in [0.2, 0.25) is 0 Å². The zero-order chi connectivity index (χ0) is 12.3. The standard InChI is InChI=1S/C13H17FN2O/c1-9(11-2-4-12(14)5-3-11)17-8-10-6-13(15)16-7-10/h2-6,9-10,16H,7-8,15H2,1H3/t9-,10-/m0/s1. The lowest BCUT2D eigenvalue weighted by Gasteiger charge is -2.15. The van der Waals surface area contributed by atoms with Crippen LogP contribution < -0.4 is 11.1 Å². The van der Waals surface area contributed by atoms with E-state index in [1.807, 2.05) is 13.0 Å². The highest BCUT2D eigenvalue weighted by Gasteiger charge is 2.15. The molecule has 0 radical (unpaired) electrons. The maximum absolute atomic E-state index is 12.8. The summed E-state index contributed by atoms with van der Waals surface area (Å²) in [5, 5.41) is 3.05. The number of nitrogens with one attached hydrogen (secondary N) is 1. The highest BCUT2D eigenvalue weighted by Crippen LogP contribution is 2.19. The van der Waals surface area contributed by atoms with Crippen LogP contribution in [0.2, 0.25) is 0 Å². The van der Waals surface area contributed by atoms with Gasteiger partial charge < -0.3 is 15.8 Å². The average molecular weight is 236 g/mol. The molecule has 0 saturated carbocycles. The van der Waals surface area contributed by atoms with Gasteiger partial charge in [-0.1, -0.05) is 12.1 Å². The summed E-state index contributed by atoms with van der Waals surface area (Å²) in [6, 6.07) is 6.39. The summed E-state index contributed by atoms with van der Waals surface area (Å²) in [6.07, 6.45) is 1.93. The van der Waals surface area contributed by atoms with E-state index in [0.29, 0.717) is 18.3 Å². The number of ether oxygens (including phenoxy) is 1. The van der Waals surface area contributed by atoms with Crippen molar-refractivity contribution in [2.45, 2.75) is 13.0 Å². The molecule has 1 aliphatic heterocycles. The van der Waals surface area contributed by atoms with Crippen molar-refractivity contribution in [3.63, 3.8) is 0 Å². The van der Waals surface area contributed by atoms with Crippen molar-refractivity contribution in [2.24, 2.45) is 11.7 Å². The molecule has 0 aromatic heterocycles. The average Bonchev–Trinajstić information content (AvgIpc) is 2.73. The Labute approximate surface area is 100 Å². The minimum Gasteiger partial charge on any atom is -0.386 e. The molecule has 0 amide bonds. The van der Waals surface area contributed by atoms with Crippen LogP contribution in [0.15, 0.2) is 36.2 Å². The molecule has 0 saturated heterocycles. The molecule has 0 unspecified atom stereocenters. The summed E-state index contributed by atoms with van der Waals surface area (Å²) < 4.78 is 18.5. The molecule has 4 heteroatoms. The summed E-state index contributed by atoms with van der Waals surface area (Å²) in [5.74, 6) is 0.808. The first-order valence-corrected chi connectivity index (χ1v) is 5.73. The first kappa shape index (κ1) is 11.9. The molecule has 1 aliphatic rings. The van der Waals surface area contributed by atoms with E-state index >= 15 is 0 Å². The number of hydrogen-bond acceptors (Lipinski definition) is 3. The Morgan fingerprint density at radius 1 is 1.47 bits per heavy atom. The maximum Gasteiger partial charge on any atom is 0.123 e. The molecular formula is C13H17FN2O. The van der Waals surface area contributed by atoms with E-state index < -0.39 is 0 Å². The van der Waals surface area contributed by atoms with Crippen molar-refractivity contribution in [3.8, 4) is 0 Å². The minimum atomic E-state index is -0.225. The van der Waals surface area contributed by atoms with Gasteiger partial charge in [0.05, 0.1) is 18.5 Å². The van der Waals surface area contributed by atoms with Gasteiger partial charge in [-0.2, -0.15) is 0 Å². The number of halogens is 1. The van der Waals surface area contributed by atoms with Crippen LogP contribution in [0.5, 0.6) is 0 Å². The largest absolute Gasteiger partial charge is 0.386 e. The first-order valence-electron chi connectivity index (χ1n) is 5.73. The smallest absolute Gasteiger partial charge is 0.123 e. The maximum atomic E-state index is 12.8. The molecule has 1 aromatic rings. The van der Waals surface area contributed by atoms with Gasteiger partial charge in [-0.3, -0.25) is 0 Å². The SMILES string of the molecule is C[C@H](OC[C@H]1C=C(N)NC1)c1ccc(F)cc1. The zero-order valence-electron chi connectivity index (χ0n) is 9.82. The predicted molar refractivity (Wildman–Crippen MR) is 64.5 cm³/mol. The minimum absolute atomic E-state index is 0.0363. The van der Waals surface area contributed by atoms with Crippen molar-refractivity contribution in [1.29, 1.82) is 0 Å². The lowest BCUT2D eigenvalue weighted by Crippen LogP contribution is -2.19. The third-order valence-corrected chi connectivity index (χ3v) is 2.88. The molecule has 2 rings (SSSR count). The highest BCUT2D eigenvalue weighted by atomic mass is 19.1. The Bertz CT molecular complexity index is 402. The van der Waals surface area contributed by atoms with Gasteiger partial charge in [0.25, 0.3) is 0 Å². The van der Waals surface area contributed by atoms with Crippen molar-refractivity contribution in [2.75, 3.05) is 13.2 Å². The topological polar surface area (TPSA) is 47.3 Å². The van der Waals surface area contributed by atoms with Crippen molar-refractivity contribution >= 4 is 0 Å². The van der Waals surface area contributed by atoms with E-state index in [9.17, 15) is 4.39 Å². The summed E-state index contributed by atoms with van der Waals surface area (Å²) in [4.78, 5) is 0. The quantitative estimate of drug-likeness (QED) is 0.839. The molecule has 0 fully saturated rings. The van der Waals surface area contributed by atoms with Crippen LogP contribution in [0.3, 0.4) is 0 Å². The second kappa shape index (κ2) is 5.19. The summed E-state index contributed by atoms with van der Waals surface area (Å²) >= 11 is 0. The molecular weight excluding hydrogens is 219 g/mol. The fourth-order valence-corrected chi connectivity index (χ4v) is 1.83. The van der Waals surface area contributed by atoms with Crippen LogP contribution in [0.25, 0.3) is 0 Å². The Kier molecular flexibility index (Phi) is 3.64. The lowest BCUT2D eigenvalue weighted by molar-refractivity contribution is 0.0510. The van der Waals surface area contributed by atoms with Crippen LogP contribution in [-0.4, -0.2) is 13.2 Å². The Balaban J connectivity index is 1.85. The van der Waals surface area contributed by atoms with Crippen LogP contribution in [-0.2, 0) is 4.74 Å². The second-order valence-electron chi connectivity index (χ2n) is 4.29. The molecule has 2 atom stereocenters. The molecule has 0 bridgehead atoms. The number of rotatable bonds is 4. The summed E-state index contributed by atoms with van der Waals surface area (Å²) in [7, 11) is 0. The molecule has 3 N–H and O–H groups in total. The second-order valence-corrected chi connectivity index (χ2v) is 4.29. The first-order chi connectivity index (χ1) is 8.15. The highest BCUT2D eigenvalue weighted by molar-refractivity contribution is 5.18. The molecule has 92 valence electrons. The summed E-state index contributed by atoms with van der Waals surface area (Å²) in [5.41, 5.74) is 6.59. The van der Waals surface area contributed by atoms with Crippen molar-refractivity contribution in [3.05, 3.63) is 47.5 Å². The van der Waals surface area contributed by atoms with Crippen LogP contribution in [0, 0.1) is 11.7 Å². The zero-order valence-corrected chi connectivity index (χ0v) is 9.82. The van der Waals surface area contributed by atoms with Crippen molar-refractivity contribution < 1.29 is 9.13 Å². The van der Waals surface area contributed by atoms with E-state index in [4.69, 9.17) is 10.5 Å². The van der Waals surface area contributed by atoms with E-state index in [1.165, 1.54) is 12.1 Å². The third-order valence-electron chi connectivity index (χ3n) is 2.88. The Morgan fingerprint density at radius 2 is 2.18 bits per heavy atom. The molecule has 0 spiro atoms. The van der Waals surface area contributed by atoms with Gasteiger partial charge in [0, 0.05) is 12.5 Å². The molecule has 3 nitrogen and oxygen atoms in total. The van der Waals surface area contributed by atoms with Gasteiger partial charge in [0.15, 0.2) is 0 Å². The molecule has 1 heterocycles. The number of hydrogen-bond donors (Lipinski definition) is 2. The van der Waals surface area contributed by atoms with E-state index in [1.54, 1.807) is 12.1 Å². The molecule has 0 aliphatic carbocycles. The van der Waals surface area contributed by atoms with E-state index in [-0.39, 0.29) is 11.9 Å². The van der Waals surface area contributed by atoms with Gasteiger partial charge >= 0.3 is 0 Å². The number of benzene rings is 1. The van der Waals surface area contributed by atoms with Crippen molar-refractivity contribution in [1.82, 2.24) is 5.32 Å². The molecule has 17 heavy (non-hydrogen) atoms. The van der Waals surface area contributed by atoms with Gasteiger partial charge in [-0.05, 0) is 30.7 Å². The lowest BCUT2D eigenvalue weighted by atomic mass is 10.1. The van der Waals surface area contributed by atoms with Crippen LogP contribution in [0.1, 0.15) is 18.6 Å². The van der Waals surface area contributed by atoms with Gasteiger partial charge in [0.1, 0.15) is 5.82 Å². The summed E-state index contributed by atoms with van der Waals surface area (Å²) in [6.45, 7) is 3.40. The fraction of sp³-hybridized carbons (Fsp3) is 0.385. The monoisotopic (exact) mass is 236 g/mol. The Morgan fingerprint density at radius 3 is 2.76 bits per heavy atom. The molecule has 1 aromatic carbocycles. The van der Waals surface area contributed by atoms with Gasteiger partial charge in [-0.15, -0.1) is 0 Å². The van der Waals surface area contributed by atoms with Crippen LogP contribution >= 0.6 is 0 Å².